The summed E-state index contributed by atoms with van der Waals surface area (Å²) in [5.41, 5.74) is 9.05. The molecule has 0 bridgehead atoms. The van der Waals surface area contributed by atoms with Crippen molar-refractivity contribution in [3.63, 3.8) is 0 Å². The molecule has 156 valence electrons. The Hall–Kier alpha value is -1.82. The van der Waals surface area contributed by atoms with Crippen molar-refractivity contribution in [1.82, 2.24) is 30.9 Å². The quantitative estimate of drug-likeness (QED) is 0.404. The van der Waals surface area contributed by atoms with E-state index in [0.717, 1.165) is 19.5 Å². The Morgan fingerprint density at radius 3 is 3.00 bits per heavy atom. The van der Waals surface area contributed by atoms with Crippen LogP contribution in [-0.4, -0.2) is 110 Å². The van der Waals surface area contributed by atoms with Gasteiger partial charge in [0.1, 0.15) is 17.9 Å². The highest BCUT2D eigenvalue weighted by atomic mass is 19.1. The van der Waals surface area contributed by atoms with Crippen LogP contribution in [0.15, 0.2) is 4.99 Å². The molecular weight excluding hydrogens is 367 g/mol. The van der Waals surface area contributed by atoms with Gasteiger partial charge in [0.25, 0.3) is 0 Å². The second kappa shape index (κ2) is 7.90. The smallest absolute Gasteiger partial charge is 0.236 e. The molecule has 5 unspecified atom stereocenters. The Bertz CT molecular complexity index is 661. The normalized spacial score (nSPS) is 36.9. The number of carbonyl (C=O) groups excluding carboxylic acids is 2. The van der Waals surface area contributed by atoms with Gasteiger partial charge in [-0.1, -0.05) is 0 Å². The number of amidine groups is 1. The summed E-state index contributed by atoms with van der Waals surface area (Å²) in [6.07, 6.45) is -0.843. The summed E-state index contributed by atoms with van der Waals surface area (Å²) in [4.78, 5) is 33.3. The van der Waals surface area contributed by atoms with Gasteiger partial charge in [0.05, 0.1) is 31.8 Å². The van der Waals surface area contributed by atoms with Crippen molar-refractivity contribution in [1.29, 1.82) is 0 Å². The summed E-state index contributed by atoms with van der Waals surface area (Å²) in [5.74, 6) is -0.249. The second-order valence-electron chi connectivity index (χ2n) is 8.00. The molecule has 4 aliphatic rings. The highest BCUT2D eigenvalue weighted by Crippen LogP contribution is 2.21. The average molecular weight is 396 g/mol. The van der Waals surface area contributed by atoms with Gasteiger partial charge in [-0.05, 0) is 13.0 Å². The zero-order valence-corrected chi connectivity index (χ0v) is 16.1. The molecule has 5 N–H and O–H groups in total. The summed E-state index contributed by atoms with van der Waals surface area (Å²) in [7, 11) is 1.81. The number of carbonyl (C=O) groups is 2. The van der Waals surface area contributed by atoms with E-state index < -0.39 is 18.3 Å². The Labute approximate surface area is 163 Å². The van der Waals surface area contributed by atoms with Crippen LogP contribution < -0.4 is 21.8 Å². The molecule has 4 heterocycles. The summed E-state index contributed by atoms with van der Waals surface area (Å²) < 4.78 is 13.6. The number of hydrogen-bond acceptors (Lipinski definition) is 8. The Morgan fingerprint density at radius 1 is 1.39 bits per heavy atom. The predicted octanol–water partition coefficient (Wildman–Crippen LogP) is -2.92. The van der Waals surface area contributed by atoms with Crippen molar-refractivity contribution >= 4 is 17.6 Å². The van der Waals surface area contributed by atoms with Crippen LogP contribution in [0.2, 0.25) is 0 Å². The van der Waals surface area contributed by atoms with Gasteiger partial charge in [0.2, 0.25) is 11.8 Å². The van der Waals surface area contributed by atoms with Gasteiger partial charge in [-0.3, -0.25) is 24.5 Å². The van der Waals surface area contributed by atoms with Crippen LogP contribution >= 0.6 is 0 Å². The molecule has 4 rings (SSSR count). The largest absolute Gasteiger partial charge is 0.350 e. The number of likely N-dealkylation sites (N-methyl/N-ethyl adjacent to an activating group) is 1. The lowest BCUT2D eigenvalue weighted by atomic mass is 9.96. The van der Waals surface area contributed by atoms with Gasteiger partial charge in [0, 0.05) is 32.7 Å². The van der Waals surface area contributed by atoms with Crippen molar-refractivity contribution in [2.75, 3.05) is 52.9 Å². The number of alkyl halides is 1. The lowest BCUT2D eigenvalue weighted by molar-refractivity contribution is -0.136. The van der Waals surface area contributed by atoms with Crippen LogP contribution in [-0.2, 0) is 9.59 Å². The SMILES string of the molecule is CN1CCN(C2CCNCC2NC(=O)C2C3=NCC(F)CN3NC2N)CC1=O. The van der Waals surface area contributed by atoms with Crippen LogP contribution in [0.4, 0.5) is 4.39 Å². The molecule has 0 saturated carbocycles. The monoisotopic (exact) mass is 396 g/mol. The number of rotatable bonds is 3. The van der Waals surface area contributed by atoms with E-state index in [4.69, 9.17) is 5.73 Å². The second-order valence-corrected chi connectivity index (χ2v) is 8.00. The van der Waals surface area contributed by atoms with Crippen LogP contribution in [0.1, 0.15) is 6.42 Å². The summed E-state index contributed by atoms with van der Waals surface area (Å²) in [5, 5.41) is 7.99. The molecule has 0 radical (unpaired) electrons. The van der Waals surface area contributed by atoms with E-state index in [1.54, 1.807) is 9.91 Å². The van der Waals surface area contributed by atoms with Crippen molar-refractivity contribution in [3.05, 3.63) is 0 Å². The van der Waals surface area contributed by atoms with Crippen molar-refractivity contribution in [3.8, 4) is 0 Å². The number of nitrogens with zero attached hydrogens (tertiary/aromatic N) is 4. The number of aliphatic imine (C=N–C) groups is 1. The summed E-state index contributed by atoms with van der Waals surface area (Å²) >= 11 is 0. The molecule has 10 nitrogen and oxygen atoms in total. The zero-order valence-electron chi connectivity index (χ0n) is 16.1. The molecule has 11 heteroatoms. The molecular formula is C17H29FN8O2. The molecule has 0 aromatic heterocycles. The van der Waals surface area contributed by atoms with E-state index in [9.17, 15) is 14.0 Å². The zero-order chi connectivity index (χ0) is 19.8. The topological polar surface area (TPSA) is 118 Å². The third-order valence-corrected chi connectivity index (χ3v) is 6.06. The van der Waals surface area contributed by atoms with E-state index >= 15 is 0 Å². The average Bonchev–Trinajstić information content (AvgIpc) is 2.99. The van der Waals surface area contributed by atoms with E-state index in [-0.39, 0.29) is 37.0 Å². The standard InChI is InChI=1S/C17H29FN8O2/c1-24-4-5-25(9-13(24)27)12-2-3-20-7-11(12)22-17(28)14-15(19)23-26-8-10(18)6-21-16(14)26/h10-12,14-15,20,23H,2-9,19H2,1H3,(H,22,28). The third-order valence-electron chi connectivity index (χ3n) is 6.06. The van der Waals surface area contributed by atoms with Crippen molar-refractivity contribution < 1.29 is 14.0 Å². The first-order valence-corrected chi connectivity index (χ1v) is 9.91. The molecule has 5 atom stereocenters. The molecule has 3 fully saturated rings. The van der Waals surface area contributed by atoms with Crippen LogP contribution in [0.25, 0.3) is 0 Å². The molecule has 2 amide bonds. The lowest BCUT2D eigenvalue weighted by Crippen LogP contribution is -2.64. The number of piperazine rings is 1. The Balaban J connectivity index is 1.44. The number of hydrogen-bond donors (Lipinski definition) is 4. The number of amides is 2. The van der Waals surface area contributed by atoms with Crippen molar-refractivity contribution in [2.24, 2.45) is 16.6 Å². The fourth-order valence-corrected chi connectivity index (χ4v) is 4.47. The number of piperidine rings is 1. The van der Waals surface area contributed by atoms with E-state index in [1.165, 1.54) is 0 Å². The van der Waals surface area contributed by atoms with Gasteiger partial charge in [-0.25, -0.2) is 9.82 Å². The predicted molar refractivity (Wildman–Crippen MR) is 101 cm³/mol. The minimum Gasteiger partial charge on any atom is -0.350 e. The third kappa shape index (κ3) is 3.71. The maximum atomic E-state index is 13.6. The first-order valence-electron chi connectivity index (χ1n) is 9.91. The maximum absolute atomic E-state index is 13.6. The van der Waals surface area contributed by atoms with Gasteiger partial charge < -0.3 is 21.3 Å². The van der Waals surface area contributed by atoms with Crippen LogP contribution in [0, 0.1) is 5.92 Å². The lowest BCUT2D eigenvalue weighted by Gasteiger charge is -2.43. The Kier molecular flexibility index (Phi) is 5.50. The van der Waals surface area contributed by atoms with Gasteiger partial charge in [-0.15, -0.1) is 0 Å². The summed E-state index contributed by atoms with van der Waals surface area (Å²) in [6, 6.07) is -0.0372. The maximum Gasteiger partial charge on any atom is 0.236 e. The molecule has 0 aromatic rings. The fourth-order valence-electron chi connectivity index (χ4n) is 4.47. The van der Waals surface area contributed by atoms with E-state index in [0.29, 0.717) is 25.5 Å². The number of nitrogens with one attached hydrogen (secondary N) is 3. The van der Waals surface area contributed by atoms with Crippen molar-refractivity contribution in [2.45, 2.75) is 30.8 Å². The summed E-state index contributed by atoms with van der Waals surface area (Å²) in [6.45, 7) is 3.54. The fraction of sp³-hybridized carbons (Fsp3) is 0.824. The van der Waals surface area contributed by atoms with Gasteiger partial charge >= 0.3 is 0 Å². The molecule has 0 aliphatic carbocycles. The number of nitrogens with two attached hydrogens (primary N) is 1. The molecule has 4 aliphatic heterocycles. The van der Waals surface area contributed by atoms with Gasteiger partial charge in [-0.2, -0.15) is 0 Å². The van der Waals surface area contributed by atoms with E-state index in [2.05, 4.69) is 26.0 Å². The van der Waals surface area contributed by atoms with E-state index in [1.807, 2.05) is 7.05 Å². The molecule has 0 aromatic carbocycles. The minimum absolute atomic E-state index is 0.0566. The van der Waals surface area contributed by atoms with Crippen LogP contribution in [0.3, 0.4) is 0 Å². The van der Waals surface area contributed by atoms with Gasteiger partial charge in [0.15, 0.2) is 0 Å². The molecule has 28 heavy (non-hydrogen) atoms. The minimum atomic E-state index is -1.06. The highest BCUT2D eigenvalue weighted by Gasteiger charge is 2.45. The molecule has 0 spiro atoms. The first-order chi connectivity index (χ1) is 13.4. The number of fused-ring (bicyclic) bond motifs is 1. The first kappa shape index (κ1) is 19.5. The Morgan fingerprint density at radius 2 is 2.21 bits per heavy atom. The number of hydrazine groups is 1. The highest BCUT2D eigenvalue weighted by molar-refractivity contribution is 6.05. The van der Waals surface area contributed by atoms with Crippen LogP contribution in [0.5, 0.6) is 0 Å². The molecule has 3 saturated heterocycles. The number of halogens is 1.